The number of phenolic OH excluding ortho intramolecular Hbond substituents is 1. The normalized spacial score (nSPS) is 18.1. The number of aromatic nitrogens is 3. The number of aromatic hydroxyl groups is 1. The summed E-state index contributed by atoms with van der Waals surface area (Å²) in [4.78, 5) is 27.3. The van der Waals surface area contributed by atoms with E-state index in [1.807, 2.05) is 30.3 Å². The van der Waals surface area contributed by atoms with Crippen molar-refractivity contribution in [3.63, 3.8) is 0 Å². The highest BCUT2D eigenvalue weighted by molar-refractivity contribution is 6.36. The molecule has 2 bridgehead atoms. The molecule has 8 nitrogen and oxygen atoms in total. The van der Waals surface area contributed by atoms with Gasteiger partial charge in [0, 0.05) is 53.8 Å². The van der Waals surface area contributed by atoms with E-state index in [2.05, 4.69) is 20.2 Å². The molecule has 2 atom stereocenters. The van der Waals surface area contributed by atoms with Crippen molar-refractivity contribution in [1.29, 1.82) is 0 Å². The predicted molar refractivity (Wildman–Crippen MR) is 160 cm³/mol. The highest BCUT2D eigenvalue weighted by Crippen LogP contribution is 2.38. The van der Waals surface area contributed by atoms with Gasteiger partial charge >= 0.3 is 6.01 Å². The van der Waals surface area contributed by atoms with Gasteiger partial charge in [-0.1, -0.05) is 48.0 Å². The third kappa shape index (κ3) is 4.78. The number of nitrogens with zero attached hydrogens (tertiary/aromatic N) is 4. The molecule has 42 heavy (non-hydrogen) atoms. The monoisotopic (exact) mass is 583 g/mol. The maximum atomic E-state index is 16.5. The van der Waals surface area contributed by atoms with E-state index in [1.54, 1.807) is 24.4 Å². The zero-order valence-corrected chi connectivity index (χ0v) is 23.3. The standard InChI is InChI=1S/C32H27ClFN5O3/c33-25-6-2-4-19-3-1-5-23(27(19)25)29-28(34)30-24(14-35-29)31(39-15-21-8-9-22(16-39)36-21)38-32(37-30)42-12-11-18-7-10-26(41)20(13-18)17-40/h1-7,10,13-14,17,21-22,36,41H,8-9,11-12,15-16H2. The molecule has 3 aromatic carbocycles. The number of fused-ring (bicyclic) bond motifs is 4. The van der Waals surface area contributed by atoms with Crippen LogP contribution in [0.15, 0.2) is 60.8 Å². The van der Waals surface area contributed by atoms with Crippen LogP contribution >= 0.6 is 11.6 Å². The molecule has 0 aliphatic carbocycles. The lowest BCUT2D eigenvalue weighted by Gasteiger charge is -2.34. The van der Waals surface area contributed by atoms with Crippen LogP contribution < -0.4 is 15.0 Å². The van der Waals surface area contributed by atoms with Crippen LogP contribution in [0.4, 0.5) is 10.2 Å². The highest BCUT2D eigenvalue weighted by Gasteiger charge is 2.34. The molecular weight excluding hydrogens is 557 g/mol. The molecule has 2 N–H and O–H groups in total. The maximum Gasteiger partial charge on any atom is 0.319 e. The van der Waals surface area contributed by atoms with Crippen molar-refractivity contribution in [1.82, 2.24) is 20.3 Å². The third-order valence-corrected chi connectivity index (χ3v) is 8.42. The number of hydrogen-bond donors (Lipinski definition) is 2. The highest BCUT2D eigenvalue weighted by atomic mass is 35.5. The van der Waals surface area contributed by atoms with Gasteiger partial charge in [0.05, 0.1) is 17.6 Å². The third-order valence-electron chi connectivity index (χ3n) is 8.11. The van der Waals surface area contributed by atoms with Crippen LogP contribution in [0.2, 0.25) is 5.02 Å². The minimum atomic E-state index is -0.569. The Morgan fingerprint density at radius 2 is 1.88 bits per heavy atom. The fourth-order valence-electron chi connectivity index (χ4n) is 6.09. The summed E-state index contributed by atoms with van der Waals surface area (Å²) < 4.78 is 22.5. The molecule has 0 amide bonds. The van der Waals surface area contributed by atoms with Crippen molar-refractivity contribution in [3.8, 4) is 23.0 Å². The molecule has 0 radical (unpaired) electrons. The first-order valence-electron chi connectivity index (χ1n) is 13.9. The van der Waals surface area contributed by atoms with E-state index in [1.165, 1.54) is 6.07 Å². The van der Waals surface area contributed by atoms with Gasteiger partial charge in [0.1, 0.15) is 22.8 Å². The molecule has 2 unspecified atom stereocenters. The van der Waals surface area contributed by atoms with Crippen LogP contribution in [0.3, 0.4) is 0 Å². The smallest absolute Gasteiger partial charge is 0.319 e. The van der Waals surface area contributed by atoms with Crippen molar-refractivity contribution >= 4 is 45.4 Å². The summed E-state index contributed by atoms with van der Waals surface area (Å²) >= 11 is 6.56. The number of carbonyl (C=O) groups excluding carboxylic acids is 1. The van der Waals surface area contributed by atoms with Crippen LogP contribution in [0.25, 0.3) is 32.9 Å². The van der Waals surface area contributed by atoms with Gasteiger partial charge in [0.25, 0.3) is 0 Å². The van der Waals surface area contributed by atoms with Gasteiger partial charge in [-0.2, -0.15) is 9.97 Å². The largest absolute Gasteiger partial charge is 0.507 e. The second-order valence-corrected chi connectivity index (χ2v) is 11.2. The number of nitrogens with one attached hydrogen (secondary N) is 1. The van der Waals surface area contributed by atoms with Gasteiger partial charge in [-0.05, 0) is 42.0 Å². The Balaban J connectivity index is 1.30. The fraction of sp³-hybridized carbons (Fsp3) is 0.250. The molecule has 7 rings (SSSR count). The summed E-state index contributed by atoms with van der Waals surface area (Å²) in [6.45, 7) is 1.68. The number of phenols is 1. The van der Waals surface area contributed by atoms with E-state index in [9.17, 15) is 9.90 Å². The molecule has 0 spiro atoms. The molecule has 2 fully saturated rings. The minimum absolute atomic E-state index is 0.0600. The van der Waals surface area contributed by atoms with E-state index < -0.39 is 5.82 Å². The Hall–Kier alpha value is -4.34. The molecule has 0 saturated carbocycles. The van der Waals surface area contributed by atoms with Crippen LogP contribution in [0.1, 0.15) is 28.8 Å². The number of ether oxygens (including phenoxy) is 1. The lowest BCUT2D eigenvalue weighted by molar-refractivity contribution is 0.112. The number of halogens is 2. The zero-order valence-electron chi connectivity index (χ0n) is 22.6. The molecule has 5 aromatic rings. The first-order chi connectivity index (χ1) is 20.5. The maximum absolute atomic E-state index is 16.5. The number of piperazine rings is 1. The summed E-state index contributed by atoms with van der Waals surface area (Å²) in [6, 6.07) is 16.7. The van der Waals surface area contributed by atoms with Gasteiger partial charge in [-0.25, -0.2) is 4.39 Å². The number of hydrogen-bond acceptors (Lipinski definition) is 8. The van der Waals surface area contributed by atoms with Gasteiger partial charge in [0.15, 0.2) is 12.1 Å². The summed E-state index contributed by atoms with van der Waals surface area (Å²) in [5.74, 6) is -0.0506. The molecular formula is C32H27ClFN5O3. The Morgan fingerprint density at radius 1 is 1.10 bits per heavy atom. The summed E-state index contributed by atoms with van der Waals surface area (Å²) in [5, 5.41) is 16.1. The minimum Gasteiger partial charge on any atom is -0.507 e. The number of anilines is 1. The summed E-state index contributed by atoms with van der Waals surface area (Å²) in [6.07, 6.45) is 4.86. The summed E-state index contributed by atoms with van der Waals surface area (Å²) in [7, 11) is 0. The Bertz CT molecular complexity index is 1830. The number of rotatable bonds is 7. The lowest BCUT2D eigenvalue weighted by Crippen LogP contribution is -2.51. The Labute approximate surface area is 246 Å². The molecule has 212 valence electrons. The molecule has 2 aliphatic heterocycles. The number of aldehydes is 1. The molecule has 2 aromatic heterocycles. The van der Waals surface area contributed by atoms with Gasteiger partial charge in [-0.15, -0.1) is 0 Å². The number of pyridine rings is 1. The van der Waals surface area contributed by atoms with Crippen LogP contribution in [0.5, 0.6) is 11.8 Å². The SMILES string of the molecule is O=Cc1cc(CCOc2nc(N3CC4CCC(C3)N4)c3cnc(-c4cccc5cccc(Cl)c45)c(F)c3n2)ccc1O. The van der Waals surface area contributed by atoms with Crippen molar-refractivity contribution in [2.24, 2.45) is 0 Å². The predicted octanol–water partition coefficient (Wildman–Crippen LogP) is 5.72. The van der Waals surface area contributed by atoms with Crippen molar-refractivity contribution in [3.05, 3.63) is 82.8 Å². The summed E-state index contributed by atoms with van der Waals surface area (Å²) in [5.41, 5.74) is 1.88. The average Bonchev–Trinajstić information content (AvgIpc) is 3.35. The van der Waals surface area contributed by atoms with E-state index in [-0.39, 0.29) is 35.1 Å². The first-order valence-corrected chi connectivity index (χ1v) is 14.3. The second-order valence-electron chi connectivity index (χ2n) is 10.8. The van der Waals surface area contributed by atoms with E-state index in [0.717, 1.165) is 42.3 Å². The Morgan fingerprint density at radius 3 is 2.67 bits per heavy atom. The second kappa shape index (κ2) is 10.8. The lowest BCUT2D eigenvalue weighted by atomic mass is 10.0. The fourth-order valence-corrected chi connectivity index (χ4v) is 6.38. The van der Waals surface area contributed by atoms with Gasteiger partial charge in [0.2, 0.25) is 0 Å². The zero-order chi connectivity index (χ0) is 28.8. The van der Waals surface area contributed by atoms with Crippen molar-refractivity contribution in [2.45, 2.75) is 31.3 Å². The Kier molecular flexibility index (Phi) is 6.84. The molecule has 10 heteroatoms. The number of benzene rings is 3. The van der Waals surface area contributed by atoms with Crippen LogP contribution in [0, 0.1) is 5.82 Å². The van der Waals surface area contributed by atoms with Gasteiger partial charge < -0.3 is 20.1 Å². The van der Waals surface area contributed by atoms with Crippen molar-refractivity contribution in [2.75, 3.05) is 24.6 Å². The van der Waals surface area contributed by atoms with E-state index in [4.69, 9.17) is 21.3 Å². The topological polar surface area (TPSA) is 100 Å². The average molecular weight is 584 g/mol. The van der Waals surface area contributed by atoms with Gasteiger partial charge in [-0.3, -0.25) is 9.78 Å². The van der Waals surface area contributed by atoms with Crippen LogP contribution in [-0.4, -0.2) is 58.1 Å². The van der Waals surface area contributed by atoms with Crippen LogP contribution in [-0.2, 0) is 6.42 Å². The molecule has 2 aliphatic rings. The van der Waals surface area contributed by atoms with E-state index in [0.29, 0.717) is 46.6 Å². The molecule has 2 saturated heterocycles. The number of carbonyl (C=O) groups is 1. The molecule has 4 heterocycles. The quantitative estimate of drug-likeness (QED) is 0.235. The van der Waals surface area contributed by atoms with E-state index >= 15 is 4.39 Å². The van der Waals surface area contributed by atoms with Crippen molar-refractivity contribution < 1.29 is 19.0 Å². The first kappa shape index (κ1) is 26.6.